The lowest BCUT2D eigenvalue weighted by Crippen LogP contribution is -2.38. The Morgan fingerprint density at radius 1 is 1.50 bits per heavy atom. The molecule has 7 heteroatoms. The van der Waals surface area contributed by atoms with E-state index in [-0.39, 0.29) is 12.1 Å². The number of carbonyl (C=O) groups is 1. The Kier molecular flexibility index (Phi) is 3.87. The number of nitrogens with zero attached hydrogens (tertiary/aromatic N) is 4. The number of carbonyl (C=O) groups excluding carboxylic acids is 1. The molecule has 1 aliphatic rings. The summed E-state index contributed by atoms with van der Waals surface area (Å²) in [5.74, 6) is 3.45. The second-order valence-electron chi connectivity index (χ2n) is 5.76. The van der Waals surface area contributed by atoms with Gasteiger partial charge >= 0.3 is 6.03 Å². The maximum atomic E-state index is 12.3. The third-order valence-electron chi connectivity index (χ3n) is 3.94. The van der Waals surface area contributed by atoms with Crippen LogP contribution in [0.25, 0.3) is 0 Å². The SMILES string of the molecule is Cc1ccc([C@H](C)NC(=O)N(C)Cc2nnc3n2CCC3)o1. The van der Waals surface area contributed by atoms with Gasteiger partial charge in [0.2, 0.25) is 0 Å². The van der Waals surface area contributed by atoms with Crippen LogP contribution in [0, 0.1) is 6.92 Å². The summed E-state index contributed by atoms with van der Waals surface area (Å²) in [6, 6.07) is 3.44. The highest BCUT2D eigenvalue weighted by atomic mass is 16.3. The summed E-state index contributed by atoms with van der Waals surface area (Å²) in [4.78, 5) is 13.9. The molecule has 0 bridgehead atoms. The van der Waals surface area contributed by atoms with Crippen LogP contribution in [0.15, 0.2) is 16.5 Å². The normalized spacial score (nSPS) is 14.7. The van der Waals surface area contributed by atoms with Gasteiger partial charge in [-0.05, 0) is 32.4 Å². The van der Waals surface area contributed by atoms with Crippen molar-refractivity contribution < 1.29 is 9.21 Å². The van der Waals surface area contributed by atoms with Gasteiger partial charge < -0.3 is 19.2 Å². The van der Waals surface area contributed by atoms with Crippen molar-refractivity contribution >= 4 is 6.03 Å². The molecule has 2 aromatic rings. The molecule has 0 unspecified atom stereocenters. The van der Waals surface area contributed by atoms with Crippen LogP contribution in [0.1, 0.15) is 42.6 Å². The fourth-order valence-corrected chi connectivity index (χ4v) is 2.66. The molecule has 1 atom stereocenters. The predicted molar refractivity (Wildman–Crippen MR) is 80.2 cm³/mol. The molecule has 0 saturated heterocycles. The Hall–Kier alpha value is -2.31. The summed E-state index contributed by atoms with van der Waals surface area (Å²) in [6.07, 6.45) is 2.07. The molecule has 1 N–H and O–H groups in total. The molecule has 2 amide bonds. The zero-order chi connectivity index (χ0) is 15.7. The van der Waals surface area contributed by atoms with Crippen LogP contribution in [0.4, 0.5) is 4.79 Å². The lowest BCUT2D eigenvalue weighted by Gasteiger charge is -2.20. The molecule has 0 aromatic carbocycles. The molecule has 2 aromatic heterocycles. The molecule has 0 radical (unpaired) electrons. The summed E-state index contributed by atoms with van der Waals surface area (Å²) in [6.45, 7) is 5.17. The van der Waals surface area contributed by atoms with Gasteiger partial charge in [-0.1, -0.05) is 0 Å². The van der Waals surface area contributed by atoms with Gasteiger partial charge in [0.05, 0.1) is 12.6 Å². The van der Waals surface area contributed by atoms with Gasteiger partial charge in [-0.25, -0.2) is 4.79 Å². The second kappa shape index (κ2) is 5.82. The second-order valence-corrected chi connectivity index (χ2v) is 5.76. The lowest BCUT2D eigenvalue weighted by atomic mass is 10.2. The third kappa shape index (κ3) is 2.84. The molecule has 0 saturated carbocycles. The van der Waals surface area contributed by atoms with Gasteiger partial charge in [0, 0.05) is 20.0 Å². The van der Waals surface area contributed by atoms with E-state index in [2.05, 4.69) is 20.1 Å². The summed E-state index contributed by atoms with van der Waals surface area (Å²) in [5, 5.41) is 11.3. The topological polar surface area (TPSA) is 76.2 Å². The number of fused-ring (bicyclic) bond motifs is 1. The standard InChI is InChI=1S/C15H21N5O2/c1-10-6-7-12(22-10)11(2)16-15(21)19(3)9-14-18-17-13-5-4-8-20(13)14/h6-7,11H,4-5,8-9H2,1-3H3,(H,16,21)/t11-/m0/s1. The number of rotatable bonds is 4. The molecule has 118 valence electrons. The maximum Gasteiger partial charge on any atom is 0.318 e. The molecule has 22 heavy (non-hydrogen) atoms. The molecule has 3 heterocycles. The fraction of sp³-hybridized carbons (Fsp3) is 0.533. The van der Waals surface area contributed by atoms with Crippen molar-refractivity contribution in [2.75, 3.05) is 7.05 Å². The van der Waals surface area contributed by atoms with Gasteiger partial charge in [0.15, 0.2) is 5.82 Å². The first-order valence-electron chi connectivity index (χ1n) is 7.53. The van der Waals surface area contributed by atoms with E-state index in [1.54, 1.807) is 11.9 Å². The molecular formula is C15H21N5O2. The summed E-state index contributed by atoms with van der Waals surface area (Å²) >= 11 is 0. The molecule has 0 spiro atoms. The van der Waals surface area contributed by atoms with Gasteiger partial charge in [0.25, 0.3) is 0 Å². The average molecular weight is 303 g/mol. The quantitative estimate of drug-likeness (QED) is 0.937. The maximum absolute atomic E-state index is 12.3. The van der Waals surface area contributed by atoms with Gasteiger partial charge in [0.1, 0.15) is 17.3 Å². The first kappa shape index (κ1) is 14.6. The number of furan rings is 1. The van der Waals surface area contributed by atoms with E-state index in [0.717, 1.165) is 42.6 Å². The minimum absolute atomic E-state index is 0.156. The van der Waals surface area contributed by atoms with Crippen LogP contribution in [-0.4, -0.2) is 32.7 Å². The number of nitrogens with one attached hydrogen (secondary N) is 1. The van der Waals surface area contributed by atoms with E-state index >= 15 is 0 Å². The Morgan fingerprint density at radius 2 is 2.32 bits per heavy atom. The Morgan fingerprint density at radius 3 is 3.05 bits per heavy atom. The van der Waals surface area contributed by atoms with E-state index in [4.69, 9.17) is 4.42 Å². The van der Waals surface area contributed by atoms with Gasteiger partial charge in [-0.2, -0.15) is 0 Å². The van der Waals surface area contributed by atoms with Crippen molar-refractivity contribution in [1.29, 1.82) is 0 Å². The minimum atomic E-state index is -0.173. The average Bonchev–Trinajstić information content (AvgIpc) is 3.17. The summed E-state index contributed by atoms with van der Waals surface area (Å²) in [7, 11) is 1.76. The highest BCUT2D eigenvalue weighted by Gasteiger charge is 2.21. The first-order valence-corrected chi connectivity index (χ1v) is 7.53. The summed E-state index contributed by atoms with van der Waals surface area (Å²) in [5.41, 5.74) is 0. The van der Waals surface area contributed by atoms with Crippen LogP contribution < -0.4 is 5.32 Å². The largest absolute Gasteiger partial charge is 0.464 e. The van der Waals surface area contributed by atoms with Crippen molar-refractivity contribution in [3.8, 4) is 0 Å². The van der Waals surface area contributed by atoms with Crippen molar-refractivity contribution in [3.63, 3.8) is 0 Å². The third-order valence-corrected chi connectivity index (χ3v) is 3.94. The van der Waals surface area contributed by atoms with Gasteiger partial charge in [-0.15, -0.1) is 10.2 Å². The lowest BCUT2D eigenvalue weighted by molar-refractivity contribution is 0.200. The molecule has 0 aliphatic carbocycles. The first-order chi connectivity index (χ1) is 10.5. The monoisotopic (exact) mass is 303 g/mol. The molecular weight excluding hydrogens is 282 g/mol. The zero-order valence-electron chi connectivity index (χ0n) is 13.2. The van der Waals surface area contributed by atoms with E-state index in [1.807, 2.05) is 26.0 Å². The predicted octanol–water partition coefficient (Wildman–Crippen LogP) is 2.03. The highest BCUT2D eigenvalue weighted by molar-refractivity contribution is 5.74. The molecule has 1 aliphatic heterocycles. The van der Waals surface area contributed by atoms with E-state index in [0.29, 0.717) is 6.54 Å². The van der Waals surface area contributed by atoms with Crippen molar-refractivity contribution in [2.45, 2.75) is 45.8 Å². The number of aromatic nitrogens is 3. The summed E-state index contributed by atoms with van der Waals surface area (Å²) < 4.78 is 7.63. The molecule has 3 rings (SSSR count). The van der Waals surface area contributed by atoms with Crippen molar-refractivity contribution in [3.05, 3.63) is 35.3 Å². The zero-order valence-corrected chi connectivity index (χ0v) is 13.2. The smallest absolute Gasteiger partial charge is 0.318 e. The Labute approximate surface area is 129 Å². The van der Waals surface area contributed by atoms with E-state index < -0.39 is 0 Å². The minimum Gasteiger partial charge on any atom is -0.464 e. The Balaban J connectivity index is 1.59. The number of hydrogen-bond donors (Lipinski definition) is 1. The van der Waals surface area contributed by atoms with Crippen LogP contribution in [0.5, 0.6) is 0 Å². The van der Waals surface area contributed by atoms with Crippen LogP contribution in [-0.2, 0) is 19.5 Å². The highest BCUT2D eigenvalue weighted by Crippen LogP contribution is 2.17. The number of amides is 2. The number of aryl methyl sites for hydroxylation is 2. The number of urea groups is 1. The van der Waals surface area contributed by atoms with Crippen molar-refractivity contribution in [2.24, 2.45) is 0 Å². The van der Waals surface area contributed by atoms with Crippen LogP contribution >= 0.6 is 0 Å². The van der Waals surface area contributed by atoms with Gasteiger partial charge in [-0.3, -0.25) is 0 Å². The Bertz CT molecular complexity index is 675. The molecule has 0 fully saturated rings. The van der Waals surface area contributed by atoms with Crippen molar-refractivity contribution in [1.82, 2.24) is 25.0 Å². The van der Waals surface area contributed by atoms with E-state index in [1.165, 1.54) is 0 Å². The van der Waals surface area contributed by atoms with Crippen LogP contribution in [0.3, 0.4) is 0 Å². The van der Waals surface area contributed by atoms with E-state index in [9.17, 15) is 4.79 Å². The molecule has 7 nitrogen and oxygen atoms in total. The number of hydrogen-bond acceptors (Lipinski definition) is 4. The van der Waals surface area contributed by atoms with Crippen LogP contribution in [0.2, 0.25) is 0 Å². The fourth-order valence-electron chi connectivity index (χ4n) is 2.66.